The lowest BCUT2D eigenvalue weighted by Crippen LogP contribution is -2.41. The van der Waals surface area contributed by atoms with E-state index in [-0.39, 0.29) is 11.8 Å². The Balaban J connectivity index is 1.45. The van der Waals surface area contributed by atoms with Gasteiger partial charge in [-0.05, 0) is 52.0 Å². The summed E-state index contributed by atoms with van der Waals surface area (Å²) in [5, 5.41) is 10.8. The highest BCUT2D eigenvalue weighted by Crippen LogP contribution is 2.23. The molecule has 0 atom stereocenters. The van der Waals surface area contributed by atoms with E-state index in [1.807, 2.05) is 20.8 Å². The molecule has 1 amide bonds. The first-order chi connectivity index (χ1) is 13.7. The van der Waals surface area contributed by atoms with Crippen molar-refractivity contribution in [2.45, 2.75) is 45.6 Å². The molecule has 2 aromatic rings. The van der Waals surface area contributed by atoms with Crippen LogP contribution < -0.4 is 4.74 Å². The maximum absolute atomic E-state index is 12.1. The number of likely N-dealkylation sites (tertiary alicyclic amines) is 1. The Morgan fingerprint density at radius 1 is 1.28 bits per heavy atom. The monoisotopic (exact) mass is 402 g/mol. The number of hydrogen-bond acceptors (Lipinski definition) is 7. The number of benzene rings is 1. The number of nitro benzene ring substituents is 1. The van der Waals surface area contributed by atoms with E-state index in [1.54, 1.807) is 11.0 Å². The standard InChI is InChI=1S/C20H26N4O5/c1-20(2,3)29-19(25)23-9-6-14(7-10-23)8-11-28-18-13-21-17-12-15(24(26)27)4-5-16(17)22-18/h4-5,12-14H,6-11H2,1-3H3. The number of hydrogen-bond donors (Lipinski definition) is 0. The van der Waals surface area contributed by atoms with Crippen LogP contribution in [0.25, 0.3) is 11.0 Å². The van der Waals surface area contributed by atoms with Crippen molar-refractivity contribution in [3.05, 3.63) is 34.5 Å². The molecule has 0 N–H and O–H groups in total. The molecule has 0 spiro atoms. The van der Waals surface area contributed by atoms with Crippen LogP contribution in [0.15, 0.2) is 24.4 Å². The van der Waals surface area contributed by atoms with Gasteiger partial charge in [-0.2, -0.15) is 0 Å². The lowest BCUT2D eigenvalue weighted by atomic mass is 9.94. The second kappa shape index (κ2) is 8.59. The van der Waals surface area contributed by atoms with Gasteiger partial charge in [0.25, 0.3) is 5.69 Å². The largest absolute Gasteiger partial charge is 0.477 e. The summed E-state index contributed by atoms with van der Waals surface area (Å²) in [5.41, 5.74) is 0.520. The molecule has 0 unspecified atom stereocenters. The molecule has 9 heteroatoms. The maximum atomic E-state index is 12.1. The average molecular weight is 402 g/mol. The average Bonchev–Trinajstić information content (AvgIpc) is 2.66. The molecule has 1 saturated heterocycles. The van der Waals surface area contributed by atoms with Gasteiger partial charge in [0.2, 0.25) is 5.88 Å². The molecule has 0 radical (unpaired) electrons. The van der Waals surface area contributed by atoms with Crippen molar-refractivity contribution < 1.29 is 19.2 Å². The second-order valence-electron chi connectivity index (χ2n) is 8.19. The predicted octanol–water partition coefficient (Wildman–Crippen LogP) is 3.95. The summed E-state index contributed by atoms with van der Waals surface area (Å²) in [4.78, 5) is 32.8. The van der Waals surface area contributed by atoms with E-state index in [9.17, 15) is 14.9 Å². The third kappa shape index (κ3) is 5.75. The van der Waals surface area contributed by atoms with Crippen molar-refractivity contribution in [3.63, 3.8) is 0 Å². The first-order valence-corrected chi connectivity index (χ1v) is 9.73. The smallest absolute Gasteiger partial charge is 0.410 e. The number of nitro groups is 1. The molecule has 1 aliphatic heterocycles. The Hall–Kier alpha value is -2.97. The SMILES string of the molecule is CC(C)(C)OC(=O)N1CCC(CCOc2cnc3cc([N+](=O)[O-])ccc3n2)CC1. The molecule has 2 heterocycles. The molecule has 29 heavy (non-hydrogen) atoms. The van der Waals surface area contributed by atoms with E-state index in [4.69, 9.17) is 9.47 Å². The van der Waals surface area contributed by atoms with E-state index >= 15 is 0 Å². The summed E-state index contributed by atoms with van der Waals surface area (Å²) >= 11 is 0. The number of non-ortho nitro benzene ring substituents is 1. The van der Waals surface area contributed by atoms with E-state index < -0.39 is 10.5 Å². The van der Waals surface area contributed by atoms with Gasteiger partial charge in [0.1, 0.15) is 5.60 Å². The quantitative estimate of drug-likeness (QED) is 0.550. The van der Waals surface area contributed by atoms with E-state index in [1.165, 1.54) is 18.3 Å². The first kappa shape index (κ1) is 20.8. The molecule has 1 fully saturated rings. The molecule has 156 valence electrons. The van der Waals surface area contributed by atoms with Crippen molar-refractivity contribution in [2.24, 2.45) is 5.92 Å². The van der Waals surface area contributed by atoms with Crippen molar-refractivity contribution in [3.8, 4) is 5.88 Å². The normalized spacial score (nSPS) is 15.3. The highest BCUT2D eigenvalue weighted by atomic mass is 16.6. The zero-order valence-corrected chi connectivity index (χ0v) is 17.0. The minimum absolute atomic E-state index is 0.0156. The minimum Gasteiger partial charge on any atom is -0.477 e. The summed E-state index contributed by atoms with van der Waals surface area (Å²) in [7, 11) is 0. The van der Waals surface area contributed by atoms with Gasteiger partial charge in [-0.25, -0.2) is 14.8 Å². The number of aromatic nitrogens is 2. The van der Waals surface area contributed by atoms with Crippen LogP contribution in [0.3, 0.4) is 0 Å². The topological polar surface area (TPSA) is 108 Å². The Morgan fingerprint density at radius 3 is 2.66 bits per heavy atom. The highest BCUT2D eigenvalue weighted by Gasteiger charge is 2.26. The van der Waals surface area contributed by atoms with Crippen molar-refractivity contribution in [1.29, 1.82) is 0 Å². The van der Waals surface area contributed by atoms with Gasteiger partial charge >= 0.3 is 6.09 Å². The number of amides is 1. The van der Waals surface area contributed by atoms with Crippen LogP contribution in [-0.4, -0.2) is 51.2 Å². The van der Waals surface area contributed by atoms with Gasteiger partial charge in [-0.1, -0.05) is 0 Å². The number of ether oxygens (including phenoxy) is 2. The fourth-order valence-corrected chi connectivity index (χ4v) is 3.23. The zero-order valence-electron chi connectivity index (χ0n) is 17.0. The lowest BCUT2D eigenvalue weighted by molar-refractivity contribution is -0.384. The summed E-state index contributed by atoms with van der Waals surface area (Å²) in [6.07, 6.45) is 3.92. The fourth-order valence-electron chi connectivity index (χ4n) is 3.23. The van der Waals surface area contributed by atoms with Crippen LogP contribution >= 0.6 is 0 Å². The zero-order chi connectivity index (χ0) is 21.0. The second-order valence-corrected chi connectivity index (χ2v) is 8.19. The van der Waals surface area contributed by atoms with Crippen LogP contribution in [0.5, 0.6) is 5.88 Å². The van der Waals surface area contributed by atoms with E-state index in [0.717, 1.165) is 19.3 Å². The molecule has 3 rings (SSSR count). The molecule has 0 saturated carbocycles. The van der Waals surface area contributed by atoms with Crippen molar-refractivity contribution >= 4 is 22.8 Å². The van der Waals surface area contributed by atoms with Crippen LogP contribution in [0.2, 0.25) is 0 Å². The summed E-state index contributed by atoms with van der Waals surface area (Å²) < 4.78 is 11.1. The molecule has 1 aliphatic rings. The molecular weight excluding hydrogens is 376 g/mol. The third-order valence-electron chi connectivity index (χ3n) is 4.76. The fraction of sp³-hybridized carbons (Fsp3) is 0.550. The Bertz CT molecular complexity index is 888. The summed E-state index contributed by atoms with van der Waals surface area (Å²) in [5.74, 6) is 0.877. The number of rotatable bonds is 5. The molecule has 1 aromatic carbocycles. The lowest BCUT2D eigenvalue weighted by Gasteiger charge is -2.33. The minimum atomic E-state index is -0.479. The number of carbonyl (C=O) groups excluding carboxylic acids is 1. The van der Waals surface area contributed by atoms with E-state index in [0.29, 0.717) is 42.5 Å². The third-order valence-corrected chi connectivity index (χ3v) is 4.76. The predicted molar refractivity (Wildman–Crippen MR) is 107 cm³/mol. The molecular formula is C20H26N4O5. The Labute approximate surface area is 169 Å². The highest BCUT2D eigenvalue weighted by molar-refractivity contribution is 5.77. The number of fused-ring (bicyclic) bond motifs is 1. The van der Waals surface area contributed by atoms with Crippen LogP contribution in [0, 0.1) is 16.0 Å². The van der Waals surface area contributed by atoms with Gasteiger partial charge in [0.15, 0.2) is 0 Å². The summed E-state index contributed by atoms with van der Waals surface area (Å²) in [6, 6.07) is 4.36. The Kier molecular flexibility index (Phi) is 6.14. The summed E-state index contributed by atoms with van der Waals surface area (Å²) in [6.45, 7) is 7.48. The van der Waals surface area contributed by atoms with Crippen LogP contribution in [0.1, 0.15) is 40.0 Å². The number of nitrogens with zero attached hydrogens (tertiary/aromatic N) is 4. The molecule has 0 aliphatic carbocycles. The van der Waals surface area contributed by atoms with Gasteiger partial charge in [0.05, 0.1) is 28.8 Å². The van der Waals surface area contributed by atoms with Gasteiger partial charge in [0, 0.05) is 25.2 Å². The molecule has 9 nitrogen and oxygen atoms in total. The number of carbonyl (C=O) groups is 1. The van der Waals surface area contributed by atoms with Crippen molar-refractivity contribution in [1.82, 2.24) is 14.9 Å². The van der Waals surface area contributed by atoms with Crippen LogP contribution in [-0.2, 0) is 4.74 Å². The maximum Gasteiger partial charge on any atom is 0.410 e. The van der Waals surface area contributed by atoms with Gasteiger partial charge in [-0.15, -0.1) is 0 Å². The van der Waals surface area contributed by atoms with E-state index in [2.05, 4.69) is 9.97 Å². The Morgan fingerprint density at radius 2 is 2.00 bits per heavy atom. The van der Waals surface area contributed by atoms with Crippen LogP contribution in [0.4, 0.5) is 10.5 Å². The van der Waals surface area contributed by atoms with Gasteiger partial charge < -0.3 is 14.4 Å². The molecule has 0 bridgehead atoms. The number of piperidine rings is 1. The first-order valence-electron chi connectivity index (χ1n) is 9.73. The van der Waals surface area contributed by atoms with Crippen molar-refractivity contribution in [2.75, 3.05) is 19.7 Å². The molecule has 1 aromatic heterocycles. The van der Waals surface area contributed by atoms with Gasteiger partial charge in [-0.3, -0.25) is 10.1 Å².